The second-order valence-electron chi connectivity index (χ2n) is 6.17. The number of nitrogens with two attached hydrogens (primary N) is 1. The highest BCUT2D eigenvalue weighted by Crippen LogP contribution is 2.23. The fourth-order valence-electron chi connectivity index (χ4n) is 2.90. The molecular weight excluding hydrogens is 332 g/mol. The van der Waals surface area contributed by atoms with E-state index in [2.05, 4.69) is 16.4 Å². The van der Waals surface area contributed by atoms with Gasteiger partial charge in [-0.05, 0) is 24.5 Å². The second-order valence-corrected chi connectivity index (χ2v) is 6.17. The van der Waals surface area contributed by atoms with E-state index in [1.807, 2.05) is 31.2 Å². The molecule has 7 nitrogen and oxygen atoms in total. The van der Waals surface area contributed by atoms with Crippen molar-refractivity contribution in [3.63, 3.8) is 0 Å². The molecule has 26 heavy (non-hydrogen) atoms. The molecule has 2 atom stereocenters. The molecule has 0 radical (unpaired) electrons. The van der Waals surface area contributed by atoms with Crippen molar-refractivity contribution in [3.05, 3.63) is 35.5 Å². The summed E-state index contributed by atoms with van der Waals surface area (Å²) in [6.45, 7) is 2.00. The van der Waals surface area contributed by atoms with Gasteiger partial charge in [0.1, 0.15) is 17.8 Å². The van der Waals surface area contributed by atoms with Crippen molar-refractivity contribution in [1.29, 1.82) is 5.26 Å². The number of esters is 1. The van der Waals surface area contributed by atoms with Crippen LogP contribution in [-0.4, -0.2) is 36.1 Å². The Morgan fingerprint density at radius 1 is 1.38 bits per heavy atom. The lowest BCUT2D eigenvalue weighted by Gasteiger charge is -2.19. The minimum absolute atomic E-state index is 0.195. The Bertz CT molecular complexity index is 822. The van der Waals surface area contributed by atoms with Gasteiger partial charge in [0.25, 0.3) is 0 Å². The lowest BCUT2D eigenvalue weighted by Crippen LogP contribution is -2.49. The number of amides is 1. The van der Waals surface area contributed by atoms with Crippen LogP contribution in [0.4, 0.5) is 0 Å². The lowest BCUT2D eigenvalue weighted by molar-refractivity contribution is -0.145. The number of benzene rings is 1. The number of nitrogens with zero attached hydrogens (tertiary/aromatic N) is 1. The van der Waals surface area contributed by atoms with Gasteiger partial charge in [-0.2, -0.15) is 5.26 Å². The Morgan fingerprint density at radius 2 is 2.12 bits per heavy atom. The first-order chi connectivity index (χ1) is 12.5. The molecule has 1 aromatic carbocycles. The van der Waals surface area contributed by atoms with Crippen molar-refractivity contribution >= 4 is 22.8 Å². The van der Waals surface area contributed by atoms with Gasteiger partial charge < -0.3 is 20.8 Å². The fourth-order valence-corrected chi connectivity index (χ4v) is 2.90. The van der Waals surface area contributed by atoms with Crippen LogP contribution in [0.1, 0.15) is 37.4 Å². The molecule has 0 aliphatic rings. The highest BCUT2D eigenvalue weighted by atomic mass is 16.5. The predicted molar refractivity (Wildman–Crippen MR) is 98.2 cm³/mol. The maximum absolute atomic E-state index is 12.5. The van der Waals surface area contributed by atoms with Crippen LogP contribution in [0.15, 0.2) is 24.3 Å². The maximum Gasteiger partial charge on any atom is 0.328 e. The van der Waals surface area contributed by atoms with Gasteiger partial charge in [-0.3, -0.25) is 4.79 Å². The first-order valence-electron chi connectivity index (χ1n) is 8.65. The van der Waals surface area contributed by atoms with Crippen LogP contribution in [-0.2, 0) is 20.7 Å². The highest BCUT2D eigenvalue weighted by Gasteiger charge is 2.25. The van der Waals surface area contributed by atoms with Gasteiger partial charge in [0.2, 0.25) is 5.91 Å². The summed E-state index contributed by atoms with van der Waals surface area (Å²) in [5, 5.41) is 12.9. The van der Waals surface area contributed by atoms with E-state index >= 15 is 0 Å². The third-order valence-corrected chi connectivity index (χ3v) is 4.33. The number of carbonyl (C=O) groups is 2. The number of H-pyrrole nitrogens is 1. The molecule has 2 aromatic rings. The molecular formula is C19H24N4O3. The molecule has 0 unspecified atom stereocenters. The molecule has 0 aliphatic heterocycles. The first kappa shape index (κ1) is 19.5. The van der Waals surface area contributed by atoms with Gasteiger partial charge in [-0.25, -0.2) is 4.79 Å². The van der Waals surface area contributed by atoms with E-state index in [4.69, 9.17) is 10.5 Å². The topological polar surface area (TPSA) is 121 Å². The summed E-state index contributed by atoms with van der Waals surface area (Å²) in [6, 6.07) is 7.99. The van der Waals surface area contributed by atoms with Crippen LogP contribution in [0.3, 0.4) is 0 Å². The average Bonchev–Trinajstić information content (AvgIpc) is 3.01. The quantitative estimate of drug-likeness (QED) is 0.622. The Kier molecular flexibility index (Phi) is 6.75. The molecule has 0 fully saturated rings. The van der Waals surface area contributed by atoms with E-state index in [-0.39, 0.29) is 6.42 Å². The third kappa shape index (κ3) is 4.41. The fraction of sp³-hybridized carbons (Fsp3) is 0.421. The summed E-state index contributed by atoms with van der Waals surface area (Å²) >= 11 is 0. The Balaban J connectivity index is 2.14. The molecule has 7 heteroatoms. The first-order valence-corrected chi connectivity index (χ1v) is 8.65. The lowest BCUT2D eigenvalue weighted by atomic mass is 10.0. The van der Waals surface area contributed by atoms with Crippen LogP contribution in [0.5, 0.6) is 0 Å². The summed E-state index contributed by atoms with van der Waals surface area (Å²) < 4.78 is 4.75. The molecule has 2 rings (SSSR count). The number of ether oxygens (including phenoxy) is 1. The largest absolute Gasteiger partial charge is 0.467 e. The van der Waals surface area contributed by atoms with E-state index in [1.54, 1.807) is 0 Å². The number of para-hydroxylation sites is 1. The van der Waals surface area contributed by atoms with Crippen LogP contribution in [0, 0.1) is 11.3 Å². The predicted octanol–water partition coefficient (Wildman–Crippen LogP) is 1.76. The van der Waals surface area contributed by atoms with Crippen molar-refractivity contribution in [2.45, 2.75) is 44.7 Å². The molecule has 0 bridgehead atoms. The van der Waals surface area contributed by atoms with Crippen LogP contribution in [0.25, 0.3) is 10.9 Å². The number of fused-ring (bicyclic) bond motifs is 1. The SMILES string of the molecule is CCCC[C@@H](NC(=O)[C@H](N)Cc1c(C#N)[nH]c2ccccc12)C(=O)OC. The summed E-state index contributed by atoms with van der Waals surface area (Å²) in [5.41, 5.74) is 7.97. The number of methoxy groups -OCH3 is 1. The van der Waals surface area contributed by atoms with Gasteiger partial charge in [0.15, 0.2) is 0 Å². The summed E-state index contributed by atoms with van der Waals surface area (Å²) in [7, 11) is 1.29. The molecule has 1 aromatic heterocycles. The molecule has 0 spiro atoms. The van der Waals surface area contributed by atoms with Crippen LogP contribution >= 0.6 is 0 Å². The average molecular weight is 356 g/mol. The molecule has 138 valence electrons. The zero-order valence-corrected chi connectivity index (χ0v) is 15.0. The minimum Gasteiger partial charge on any atom is -0.467 e. The Hall–Kier alpha value is -2.85. The zero-order valence-electron chi connectivity index (χ0n) is 15.0. The van der Waals surface area contributed by atoms with E-state index in [0.717, 1.165) is 23.7 Å². The Labute approximate surface area is 152 Å². The third-order valence-electron chi connectivity index (χ3n) is 4.33. The number of hydrogen-bond donors (Lipinski definition) is 3. The summed E-state index contributed by atoms with van der Waals surface area (Å²) in [5.74, 6) is -0.922. The minimum atomic E-state index is -0.880. The molecule has 0 saturated heterocycles. The highest BCUT2D eigenvalue weighted by molar-refractivity contribution is 5.90. The number of nitriles is 1. The smallest absolute Gasteiger partial charge is 0.328 e. The van der Waals surface area contributed by atoms with Crippen molar-refractivity contribution in [2.24, 2.45) is 5.73 Å². The molecule has 1 heterocycles. The van der Waals surface area contributed by atoms with E-state index in [1.165, 1.54) is 7.11 Å². The van der Waals surface area contributed by atoms with Crippen molar-refractivity contribution in [3.8, 4) is 6.07 Å². The standard InChI is InChI=1S/C19H24N4O3/c1-3-4-8-16(19(25)26-2)23-18(24)14(21)10-13-12-7-5-6-9-15(12)22-17(13)11-20/h5-7,9,14,16,22H,3-4,8,10,21H2,1-2H3,(H,23,24)/t14-,16-/m1/s1. The molecule has 1 amide bonds. The number of rotatable bonds is 8. The van der Waals surface area contributed by atoms with Gasteiger partial charge in [0.05, 0.1) is 13.2 Å². The molecule has 4 N–H and O–H groups in total. The van der Waals surface area contributed by atoms with Gasteiger partial charge in [-0.1, -0.05) is 38.0 Å². The number of hydrogen-bond acceptors (Lipinski definition) is 5. The summed E-state index contributed by atoms with van der Waals surface area (Å²) in [6.07, 6.45) is 2.38. The van der Waals surface area contributed by atoms with Gasteiger partial charge >= 0.3 is 5.97 Å². The number of carbonyl (C=O) groups excluding carboxylic acids is 2. The van der Waals surface area contributed by atoms with Gasteiger partial charge in [-0.15, -0.1) is 0 Å². The Morgan fingerprint density at radius 3 is 2.77 bits per heavy atom. The molecule has 0 aliphatic carbocycles. The number of aromatic amines is 1. The van der Waals surface area contributed by atoms with E-state index in [0.29, 0.717) is 17.7 Å². The molecule has 0 saturated carbocycles. The maximum atomic E-state index is 12.5. The van der Waals surface area contributed by atoms with Crippen molar-refractivity contribution < 1.29 is 14.3 Å². The second kappa shape index (κ2) is 9.02. The van der Waals surface area contributed by atoms with Crippen LogP contribution in [0.2, 0.25) is 0 Å². The zero-order chi connectivity index (χ0) is 19.1. The van der Waals surface area contributed by atoms with Gasteiger partial charge in [0, 0.05) is 10.9 Å². The number of unbranched alkanes of at least 4 members (excludes halogenated alkanes) is 1. The monoisotopic (exact) mass is 356 g/mol. The van der Waals surface area contributed by atoms with Crippen molar-refractivity contribution in [2.75, 3.05) is 7.11 Å². The van der Waals surface area contributed by atoms with Crippen molar-refractivity contribution in [1.82, 2.24) is 10.3 Å². The summed E-state index contributed by atoms with van der Waals surface area (Å²) in [4.78, 5) is 27.3. The van der Waals surface area contributed by atoms with E-state index in [9.17, 15) is 14.9 Å². The van der Waals surface area contributed by atoms with E-state index < -0.39 is 24.0 Å². The normalized spacial score (nSPS) is 13.0. The van der Waals surface area contributed by atoms with Crippen LogP contribution < -0.4 is 11.1 Å². The number of nitrogens with one attached hydrogen (secondary N) is 2. The number of aromatic nitrogens is 1.